The highest BCUT2D eigenvalue weighted by atomic mass is 19.4. The van der Waals surface area contributed by atoms with Crippen LogP contribution in [0.4, 0.5) is 13.2 Å². The molecule has 0 aromatic carbocycles. The molecule has 0 aliphatic heterocycles. The number of alkyl halides is 3. The van der Waals surface area contributed by atoms with Crippen LogP contribution in [0.1, 0.15) is 26.2 Å². The number of halogens is 3. The summed E-state index contributed by atoms with van der Waals surface area (Å²) in [6, 6.07) is -0.771. The Morgan fingerprint density at radius 3 is 2.50 bits per heavy atom. The molecule has 0 saturated heterocycles. The number of carbonyl (C=O) groups is 1. The number of nitrogens with zero attached hydrogens (tertiary/aromatic N) is 1. The van der Waals surface area contributed by atoms with Crippen LogP contribution in [0.3, 0.4) is 0 Å². The zero-order valence-electron chi connectivity index (χ0n) is 10.3. The molecule has 1 aliphatic rings. The molecule has 1 atom stereocenters. The molecule has 0 aromatic rings. The normalized spacial score (nSPS) is 18.1. The van der Waals surface area contributed by atoms with E-state index in [1.54, 1.807) is 6.92 Å². The first kappa shape index (κ1) is 15.2. The molecule has 1 unspecified atom stereocenters. The fourth-order valence-electron chi connectivity index (χ4n) is 1.80. The Labute approximate surface area is 104 Å². The van der Waals surface area contributed by atoms with Crippen LogP contribution in [0.5, 0.6) is 0 Å². The van der Waals surface area contributed by atoms with Crippen molar-refractivity contribution in [1.29, 1.82) is 0 Å². The van der Waals surface area contributed by atoms with E-state index in [4.69, 9.17) is 5.11 Å². The molecule has 2 N–H and O–H groups in total. The van der Waals surface area contributed by atoms with Crippen molar-refractivity contribution in [3.05, 3.63) is 0 Å². The number of aliphatic carboxylic acids is 1. The molecule has 1 fully saturated rings. The first-order valence-electron chi connectivity index (χ1n) is 6.09. The summed E-state index contributed by atoms with van der Waals surface area (Å²) >= 11 is 0. The van der Waals surface area contributed by atoms with Gasteiger partial charge in [0, 0.05) is 12.6 Å². The van der Waals surface area contributed by atoms with Crippen molar-refractivity contribution in [2.75, 3.05) is 19.6 Å². The maximum Gasteiger partial charge on any atom is 0.401 e. The Hall–Kier alpha value is -0.820. The van der Waals surface area contributed by atoms with Crippen molar-refractivity contribution < 1.29 is 23.1 Å². The van der Waals surface area contributed by atoms with Gasteiger partial charge in [-0.25, -0.2) is 0 Å². The molecule has 0 spiro atoms. The average Bonchev–Trinajstić information content (AvgIpc) is 2.98. The number of hydrogen-bond donors (Lipinski definition) is 2. The lowest BCUT2D eigenvalue weighted by Gasteiger charge is -2.26. The van der Waals surface area contributed by atoms with Gasteiger partial charge in [-0.15, -0.1) is 0 Å². The number of carboxylic acids is 1. The molecule has 0 amide bonds. The van der Waals surface area contributed by atoms with Gasteiger partial charge in [-0.3, -0.25) is 9.69 Å². The van der Waals surface area contributed by atoms with Gasteiger partial charge in [-0.2, -0.15) is 13.2 Å². The predicted octanol–water partition coefficient (Wildman–Crippen LogP) is 1.47. The maximum absolute atomic E-state index is 12.3. The maximum atomic E-state index is 12.3. The summed E-state index contributed by atoms with van der Waals surface area (Å²) in [7, 11) is 0. The first-order chi connectivity index (χ1) is 8.31. The third kappa shape index (κ3) is 6.20. The van der Waals surface area contributed by atoms with Gasteiger partial charge in [0.2, 0.25) is 0 Å². The lowest BCUT2D eigenvalue weighted by Crippen LogP contribution is -2.49. The van der Waals surface area contributed by atoms with E-state index in [2.05, 4.69) is 5.32 Å². The third-order valence-corrected chi connectivity index (χ3v) is 2.70. The minimum atomic E-state index is -4.29. The van der Waals surface area contributed by atoms with Crippen LogP contribution < -0.4 is 5.32 Å². The molecule has 4 nitrogen and oxygen atoms in total. The van der Waals surface area contributed by atoms with Crippen molar-refractivity contribution in [1.82, 2.24) is 10.2 Å². The molecule has 106 valence electrons. The Morgan fingerprint density at radius 2 is 2.11 bits per heavy atom. The van der Waals surface area contributed by atoms with Gasteiger partial charge in [0.15, 0.2) is 0 Å². The minimum Gasteiger partial charge on any atom is -0.480 e. The molecule has 1 saturated carbocycles. The van der Waals surface area contributed by atoms with E-state index in [0.29, 0.717) is 6.42 Å². The number of rotatable bonds is 8. The standard InChI is InChI=1S/C11H19F3N2O2/c1-2-5-16(7-11(12,13)14)6-9(10(17)18)15-8-3-4-8/h8-9,15H,2-7H2,1H3,(H,17,18). The number of carboxylic acid groups (broad SMARTS) is 1. The monoisotopic (exact) mass is 268 g/mol. The van der Waals surface area contributed by atoms with Gasteiger partial charge >= 0.3 is 12.1 Å². The van der Waals surface area contributed by atoms with Crippen LogP contribution in [0, 0.1) is 0 Å². The lowest BCUT2D eigenvalue weighted by molar-refractivity contribution is -0.151. The Morgan fingerprint density at radius 1 is 1.50 bits per heavy atom. The Balaban J connectivity index is 2.51. The van der Waals surface area contributed by atoms with Gasteiger partial charge in [-0.1, -0.05) is 6.92 Å². The van der Waals surface area contributed by atoms with E-state index in [-0.39, 0.29) is 19.1 Å². The van der Waals surface area contributed by atoms with Crippen molar-refractivity contribution in [3.63, 3.8) is 0 Å². The van der Waals surface area contributed by atoms with Gasteiger partial charge in [0.05, 0.1) is 6.54 Å². The van der Waals surface area contributed by atoms with E-state index in [9.17, 15) is 18.0 Å². The summed E-state index contributed by atoms with van der Waals surface area (Å²) in [6.07, 6.45) is -1.93. The second kappa shape index (κ2) is 6.38. The largest absolute Gasteiger partial charge is 0.480 e. The zero-order chi connectivity index (χ0) is 13.8. The van der Waals surface area contributed by atoms with Crippen LogP contribution in [0.25, 0.3) is 0 Å². The van der Waals surface area contributed by atoms with Crippen molar-refractivity contribution in [2.45, 2.75) is 44.4 Å². The summed E-state index contributed by atoms with van der Waals surface area (Å²) in [4.78, 5) is 12.1. The minimum absolute atomic E-state index is 0.112. The van der Waals surface area contributed by atoms with E-state index >= 15 is 0 Å². The number of hydrogen-bond acceptors (Lipinski definition) is 3. The Bertz CT molecular complexity index is 280. The zero-order valence-corrected chi connectivity index (χ0v) is 10.3. The lowest BCUT2D eigenvalue weighted by atomic mass is 10.2. The molecule has 0 heterocycles. The molecule has 7 heteroatoms. The fourth-order valence-corrected chi connectivity index (χ4v) is 1.80. The predicted molar refractivity (Wildman–Crippen MR) is 60.4 cm³/mol. The Kier molecular flexibility index (Phi) is 5.40. The molecule has 18 heavy (non-hydrogen) atoms. The smallest absolute Gasteiger partial charge is 0.401 e. The molecule has 0 radical (unpaired) electrons. The van der Waals surface area contributed by atoms with Gasteiger partial charge < -0.3 is 10.4 Å². The van der Waals surface area contributed by atoms with Crippen LogP contribution in [0.15, 0.2) is 0 Å². The fraction of sp³-hybridized carbons (Fsp3) is 0.909. The van der Waals surface area contributed by atoms with Crippen molar-refractivity contribution >= 4 is 5.97 Å². The SMILES string of the molecule is CCCN(CC(NC1CC1)C(=O)O)CC(F)(F)F. The first-order valence-corrected chi connectivity index (χ1v) is 6.09. The van der Waals surface area contributed by atoms with Crippen molar-refractivity contribution in [2.24, 2.45) is 0 Å². The highest BCUT2D eigenvalue weighted by molar-refractivity contribution is 5.73. The highest BCUT2D eigenvalue weighted by Crippen LogP contribution is 2.20. The summed E-state index contributed by atoms with van der Waals surface area (Å²) in [5.41, 5.74) is 0. The molecular weight excluding hydrogens is 249 g/mol. The summed E-state index contributed by atoms with van der Waals surface area (Å²) in [5.74, 6) is -1.09. The topological polar surface area (TPSA) is 52.6 Å². The summed E-state index contributed by atoms with van der Waals surface area (Å²) < 4.78 is 37.0. The highest BCUT2D eigenvalue weighted by Gasteiger charge is 2.34. The summed E-state index contributed by atoms with van der Waals surface area (Å²) in [5, 5.41) is 11.9. The van der Waals surface area contributed by atoms with Crippen LogP contribution >= 0.6 is 0 Å². The quantitative estimate of drug-likeness (QED) is 0.700. The number of nitrogens with one attached hydrogen (secondary N) is 1. The van der Waals surface area contributed by atoms with E-state index < -0.39 is 24.7 Å². The molecular formula is C11H19F3N2O2. The van der Waals surface area contributed by atoms with Crippen LogP contribution in [-0.4, -0.2) is 53.9 Å². The second-order valence-corrected chi connectivity index (χ2v) is 4.68. The van der Waals surface area contributed by atoms with Gasteiger partial charge in [-0.05, 0) is 25.8 Å². The van der Waals surface area contributed by atoms with Crippen LogP contribution in [0.2, 0.25) is 0 Å². The molecule has 1 aliphatic carbocycles. The van der Waals surface area contributed by atoms with Gasteiger partial charge in [0.25, 0.3) is 0 Å². The second-order valence-electron chi connectivity index (χ2n) is 4.68. The van der Waals surface area contributed by atoms with E-state index in [1.165, 1.54) is 0 Å². The molecule has 1 rings (SSSR count). The average molecular weight is 268 g/mol. The van der Waals surface area contributed by atoms with E-state index in [1.807, 2.05) is 0 Å². The molecule has 0 bridgehead atoms. The summed E-state index contributed by atoms with van der Waals surface area (Å²) in [6.45, 7) is 0.846. The van der Waals surface area contributed by atoms with Gasteiger partial charge in [0.1, 0.15) is 6.04 Å². The van der Waals surface area contributed by atoms with Crippen molar-refractivity contribution in [3.8, 4) is 0 Å². The molecule has 0 aromatic heterocycles. The third-order valence-electron chi connectivity index (χ3n) is 2.70. The van der Waals surface area contributed by atoms with Crippen LogP contribution in [-0.2, 0) is 4.79 Å². The van der Waals surface area contributed by atoms with E-state index in [0.717, 1.165) is 17.7 Å².